The predicted molar refractivity (Wildman–Crippen MR) is 117 cm³/mol. The largest absolute Gasteiger partial charge is 0.489 e. The number of primary sulfonamides is 1. The van der Waals surface area contributed by atoms with Crippen LogP contribution in [0.15, 0.2) is 83.8 Å². The van der Waals surface area contributed by atoms with Crippen molar-refractivity contribution < 1.29 is 22.7 Å². The van der Waals surface area contributed by atoms with Gasteiger partial charge in [0.2, 0.25) is 10.0 Å². The maximum Gasteiger partial charge on any atom is 0.257 e. The molecule has 0 unspecified atom stereocenters. The molecule has 0 heterocycles. The summed E-state index contributed by atoms with van der Waals surface area (Å²) >= 11 is 0. The maximum atomic E-state index is 12.0. The van der Waals surface area contributed by atoms with Gasteiger partial charge in [-0.3, -0.25) is 4.79 Å². The Bertz CT molecular complexity index is 1080. The van der Waals surface area contributed by atoms with Crippen molar-refractivity contribution in [3.05, 3.63) is 90.0 Å². The van der Waals surface area contributed by atoms with Gasteiger partial charge in [0.1, 0.15) is 18.1 Å². The summed E-state index contributed by atoms with van der Waals surface area (Å²) in [4.78, 5) is 12.0. The Labute approximate surface area is 181 Å². The highest BCUT2D eigenvalue weighted by atomic mass is 32.2. The molecule has 0 aliphatic carbocycles. The van der Waals surface area contributed by atoms with Gasteiger partial charge in [0.25, 0.3) is 5.91 Å². The number of rotatable bonds is 10. The first-order valence-electron chi connectivity index (χ1n) is 9.68. The Kier molecular flexibility index (Phi) is 7.64. The van der Waals surface area contributed by atoms with Crippen LogP contribution in [0.3, 0.4) is 0 Å². The molecule has 0 aliphatic rings. The second kappa shape index (κ2) is 10.6. The van der Waals surface area contributed by atoms with Crippen molar-refractivity contribution in [3.8, 4) is 11.5 Å². The Morgan fingerprint density at radius 3 is 2.03 bits per heavy atom. The first-order valence-corrected chi connectivity index (χ1v) is 11.2. The normalized spacial score (nSPS) is 11.0. The van der Waals surface area contributed by atoms with Gasteiger partial charge in [0, 0.05) is 6.54 Å². The third-order valence-electron chi connectivity index (χ3n) is 4.43. The fraction of sp³-hybridized carbons (Fsp3) is 0.174. The minimum absolute atomic E-state index is 0.0603. The number of benzene rings is 3. The van der Waals surface area contributed by atoms with Crippen LogP contribution < -0.4 is 19.9 Å². The third kappa shape index (κ3) is 7.44. The van der Waals surface area contributed by atoms with Crippen LogP contribution in [-0.2, 0) is 27.8 Å². The van der Waals surface area contributed by atoms with Crippen molar-refractivity contribution in [3.63, 3.8) is 0 Å². The zero-order chi connectivity index (χ0) is 22.1. The summed E-state index contributed by atoms with van der Waals surface area (Å²) in [6, 6.07) is 23.2. The average molecular weight is 441 g/mol. The Balaban J connectivity index is 1.36. The van der Waals surface area contributed by atoms with E-state index in [9.17, 15) is 13.2 Å². The molecule has 7 nitrogen and oxygen atoms in total. The van der Waals surface area contributed by atoms with Gasteiger partial charge in [0.05, 0.1) is 4.90 Å². The minimum Gasteiger partial charge on any atom is -0.489 e. The first kappa shape index (κ1) is 22.3. The van der Waals surface area contributed by atoms with Gasteiger partial charge in [-0.25, -0.2) is 13.6 Å². The number of ether oxygens (including phenoxy) is 2. The number of carbonyl (C=O) groups is 1. The van der Waals surface area contributed by atoms with E-state index in [0.717, 1.165) is 11.1 Å². The van der Waals surface area contributed by atoms with Crippen molar-refractivity contribution in [1.82, 2.24) is 5.32 Å². The smallest absolute Gasteiger partial charge is 0.257 e. The van der Waals surface area contributed by atoms with E-state index in [1.807, 2.05) is 30.3 Å². The van der Waals surface area contributed by atoms with E-state index in [1.54, 1.807) is 36.4 Å². The molecule has 0 saturated carbocycles. The van der Waals surface area contributed by atoms with Crippen molar-refractivity contribution in [2.45, 2.75) is 17.9 Å². The molecule has 0 bridgehead atoms. The second-order valence-corrected chi connectivity index (χ2v) is 8.38. The van der Waals surface area contributed by atoms with Gasteiger partial charge in [-0.1, -0.05) is 42.5 Å². The predicted octanol–water partition coefficient (Wildman–Crippen LogP) is 2.65. The molecule has 3 rings (SSSR count). The van der Waals surface area contributed by atoms with Crippen molar-refractivity contribution in [2.24, 2.45) is 5.14 Å². The molecule has 3 aromatic carbocycles. The number of nitrogens with one attached hydrogen (secondary N) is 1. The van der Waals surface area contributed by atoms with E-state index in [2.05, 4.69) is 5.32 Å². The van der Waals surface area contributed by atoms with E-state index >= 15 is 0 Å². The highest BCUT2D eigenvalue weighted by Gasteiger charge is 2.07. The standard InChI is InChI=1S/C23H24N2O5S/c24-31(27,28)22-12-6-18(7-13-22)14-15-25-23(26)17-30-21-10-8-20(9-11-21)29-16-19-4-2-1-3-5-19/h1-13H,14-17H2,(H,25,26)(H2,24,27,28). The quantitative estimate of drug-likeness (QED) is 0.504. The first-order chi connectivity index (χ1) is 14.9. The Morgan fingerprint density at radius 2 is 1.42 bits per heavy atom. The molecule has 0 atom stereocenters. The van der Waals surface area contributed by atoms with Crippen molar-refractivity contribution in [2.75, 3.05) is 13.2 Å². The lowest BCUT2D eigenvalue weighted by Gasteiger charge is -2.09. The SMILES string of the molecule is NS(=O)(=O)c1ccc(CCNC(=O)COc2ccc(OCc3ccccc3)cc2)cc1. The summed E-state index contributed by atoms with van der Waals surface area (Å²) in [6.45, 7) is 0.784. The van der Waals surface area contributed by atoms with E-state index in [1.165, 1.54) is 12.1 Å². The van der Waals surface area contributed by atoms with Crippen LogP contribution in [0.4, 0.5) is 0 Å². The van der Waals surface area contributed by atoms with Crippen LogP contribution in [0.5, 0.6) is 11.5 Å². The number of hydrogen-bond donors (Lipinski definition) is 2. The molecule has 0 aromatic heterocycles. The Morgan fingerprint density at radius 1 is 0.806 bits per heavy atom. The van der Waals surface area contributed by atoms with Gasteiger partial charge < -0.3 is 14.8 Å². The zero-order valence-corrected chi connectivity index (χ0v) is 17.7. The van der Waals surface area contributed by atoms with Crippen LogP contribution >= 0.6 is 0 Å². The molecule has 1 amide bonds. The molecule has 0 aliphatic heterocycles. The minimum atomic E-state index is -3.70. The maximum absolute atomic E-state index is 12.0. The molecular formula is C23H24N2O5S. The number of nitrogens with two attached hydrogens (primary N) is 1. The summed E-state index contributed by atoms with van der Waals surface area (Å²) in [7, 11) is -3.70. The number of hydrogen-bond acceptors (Lipinski definition) is 5. The van der Waals surface area contributed by atoms with E-state index in [0.29, 0.717) is 31.1 Å². The lowest BCUT2D eigenvalue weighted by atomic mass is 10.1. The van der Waals surface area contributed by atoms with Crippen LogP contribution in [0.2, 0.25) is 0 Å². The molecule has 0 radical (unpaired) electrons. The summed E-state index contributed by atoms with van der Waals surface area (Å²) in [5, 5.41) is 7.83. The fourth-order valence-electron chi connectivity index (χ4n) is 2.76. The van der Waals surface area contributed by atoms with Gasteiger partial charge in [-0.05, 0) is 53.9 Å². The lowest BCUT2D eigenvalue weighted by Crippen LogP contribution is -2.30. The van der Waals surface area contributed by atoms with Gasteiger partial charge in [-0.2, -0.15) is 0 Å². The summed E-state index contributed by atoms with van der Waals surface area (Å²) in [5.41, 5.74) is 1.97. The second-order valence-electron chi connectivity index (χ2n) is 6.82. The summed E-state index contributed by atoms with van der Waals surface area (Å²) < 4.78 is 33.7. The molecule has 3 aromatic rings. The molecular weight excluding hydrogens is 416 g/mol. The molecule has 162 valence electrons. The summed E-state index contributed by atoms with van der Waals surface area (Å²) in [5.74, 6) is 1.04. The fourth-order valence-corrected chi connectivity index (χ4v) is 3.28. The van der Waals surface area contributed by atoms with Crippen LogP contribution in [0.25, 0.3) is 0 Å². The Hall–Kier alpha value is -3.36. The monoisotopic (exact) mass is 440 g/mol. The summed E-state index contributed by atoms with van der Waals surface area (Å²) in [6.07, 6.45) is 0.560. The third-order valence-corrected chi connectivity index (χ3v) is 5.36. The highest BCUT2D eigenvalue weighted by molar-refractivity contribution is 7.89. The molecule has 0 spiro atoms. The zero-order valence-electron chi connectivity index (χ0n) is 16.9. The van der Waals surface area contributed by atoms with Crippen molar-refractivity contribution >= 4 is 15.9 Å². The highest BCUT2D eigenvalue weighted by Crippen LogP contribution is 2.18. The van der Waals surface area contributed by atoms with E-state index in [-0.39, 0.29) is 17.4 Å². The number of amides is 1. The van der Waals surface area contributed by atoms with E-state index in [4.69, 9.17) is 14.6 Å². The number of carbonyl (C=O) groups excluding carboxylic acids is 1. The molecule has 3 N–H and O–H groups in total. The van der Waals surface area contributed by atoms with Gasteiger partial charge in [0.15, 0.2) is 6.61 Å². The van der Waals surface area contributed by atoms with E-state index < -0.39 is 10.0 Å². The molecule has 8 heteroatoms. The van der Waals surface area contributed by atoms with Crippen LogP contribution in [0.1, 0.15) is 11.1 Å². The van der Waals surface area contributed by atoms with Crippen LogP contribution in [0, 0.1) is 0 Å². The van der Waals surface area contributed by atoms with Crippen LogP contribution in [-0.4, -0.2) is 27.5 Å². The topological polar surface area (TPSA) is 108 Å². The molecule has 31 heavy (non-hydrogen) atoms. The van der Waals surface area contributed by atoms with Gasteiger partial charge >= 0.3 is 0 Å². The van der Waals surface area contributed by atoms with Gasteiger partial charge in [-0.15, -0.1) is 0 Å². The number of sulfonamides is 1. The molecule has 0 saturated heterocycles. The lowest BCUT2D eigenvalue weighted by molar-refractivity contribution is -0.123. The molecule has 0 fully saturated rings. The average Bonchev–Trinajstić information content (AvgIpc) is 2.77. The van der Waals surface area contributed by atoms with Crippen molar-refractivity contribution in [1.29, 1.82) is 0 Å².